The second-order valence-corrected chi connectivity index (χ2v) is 3.66. The largest absolute Gasteiger partial charge is 0.355 e. The van der Waals surface area contributed by atoms with E-state index in [9.17, 15) is 4.79 Å². The molecule has 0 saturated carbocycles. The summed E-state index contributed by atoms with van der Waals surface area (Å²) in [5.41, 5.74) is 1.32. The summed E-state index contributed by atoms with van der Waals surface area (Å²) in [6, 6.07) is 5.25. The van der Waals surface area contributed by atoms with Crippen molar-refractivity contribution in [1.82, 2.24) is 15.6 Å². The normalized spacial score (nSPS) is 11.6. The van der Waals surface area contributed by atoms with Gasteiger partial charge in [-0.2, -0.15) is 5.26 Å². The Morgan fingerprint density at radius 2 is 2.41 bits per heavy atom. The SMILES string of the molecule is CCNC(=O)C(C)NCc1ccnc(C#N)c1. The van der Waals surface area contributed by atoms with Crippen molar-refractivity contribution < 1.29 is 4.79 Å². The molecular formula is C12H16N4O. The molecule has 1 heterocycles. The first kappa shape index (κ1) is 13.1. The Labute approximate surface area is 101 Å². The molecule has 0 spiro atoms. The van der Waals surface area contributed by atoms with Gasteiger partial charge in [0.2, 0.25) is 5.91 Å². The predicted octanol–water partition coefficient (Wildman–Crippen LogP) is 0.567. The Hall–Kier alpha value is -1.93. The first-order chi connectivity index (χ1) is 8.17. The summed E-state index contributed by atoms with van der Waals surface area (Å²) >= 11 is 0. The van der Waals surface area contributed by atoms with Crippen LogP contribution in [-0.2, 0) is 11.3 Å². The molecule has 0 aliphatic heterocycles. The number of rotatable bonds is 5. The number of pyridine rings is 1. The first-order valence-corrected chi connectivity index (χ1v) is 5.53. The van der Waals surface area contributed by atoms with Crippen molar-refractivity contribution in [3.63, 3.8) is 0 Å². The topological polar surface area (TPSA) is 77.8 Å². The average molecular weight is 232 g/mol. The highest BCUT2D eigenvalue weighted by Gasteiger charge is 2.10. The van der Waals surface area contributed by atoms with Crippen LogP contribution < -0.4 is 10.6 Å². The summed E-state index contributed by atoms with van der Waals surface area (Å²) in [7, 11) is 0. The zero-order valence-corrected chi connectivity index (χ0v) is 10.0. The van der Waals surface area contributed by atoms with Crippen molar-refractivity contribution in [3.8, 4) is 6.07 Å². The van der Waals surface area contributed by atoms with Crippen molar-refractivity contribution in [2.24, 2.45) is 0 Å². The molecule has 0 aromatic carbocycles. The van der Waals surface area contributed by atoms with E-state index >= 15 is 0 Å². The average Bonchev–Trinajstić information content (AvgIpc) is 2.36. The lowest BCUT2D eigenvalue weighted by atomic mass is 10.2. The number of nitrogens with one attached hydrogen (secondary N) is 2. The molecule has 90 valence electrons. The molecule has 1 amide bonds. The molecule has 0 saturated heterocycles. The van der Waals surface area contributed by atoms with Gasteiger partial charge in [-0.25, -0.2) is 4.98 Å². The van der Waals surface area contributed by atoms with E-state index < -0.39 is 0 Å². The van der Waals surface area contributed by atoms with Crippen LogP contribution >= 0.6 is 0 Å². The lowest BCUT2D eigenvalue weighted by Gasteiger charge is -2.13. The van der Waals surface area contributed by atoms with Gasteiger partial charge in [0.25, 0.3) is 0 Å². The minimum atomic E-state index is -0.256. The lowest BCUT2D eigenvalue weighted by Crippen LogP contribution is -2.41. The predicted molar refractivity (Wildman–Crippen MR) is 63.9 cm³/mol. The molecule has 5 nitrogen and oxygen atoms in total. The highest BCUT2D eigenvalue weighted by Crippen LogP contribution is 2.00. The fourth-order valence-corrected chi connectivity index (χ4v) is 1.34. The van der Waals surface area contributed by atoms with Crippen molar-refractivity contribution in [3.05, 3.63) is 29.6 Å². The van der Waals surface area contributed by atoms with Gasteiger partial charge in [0.1, 0.15) is 11.8 Å². The van der Waals surface area contributed by atoms with Crippen LogP contribution in [-0.4, -0.2) is 23.5 Å². The maximum absolute atomic E-state index is 11.4. The number of hydrogen-bond acceptors (Lipinski definition) is 4. The Kier molecular flexibility index (Phi) is 5.11. The van der Waals surface area contributed by atoms with Crippen LogP contribution in [0, 0.1) is 11.3 Å². The van der Waals surface area contributed by atoms with Crippen LogP contribution in [0.15, 0.2) is 18.3 Å². The van der Waals surface area contributed by atoms with Gasteiger partial charge < -0.3 is 10.6 Å². The third-order valence-electron chi connectivity index (χ3n) is 2.30. The van der Waals surface area contributed by atoms with Crippen LogP contribution in [0.2, 0.25) is 0 Å². The molecule has 1 aromatic heterocycles. The molecule has 0 bridgehead atoms. The van der Waals surface area contributed by atoms with Crippen LogP contribution in [0.3, 0.4) is 0 Å². The molecule has 0 aliphatic rings. The van der Waals surface area contributed by atoms with Gasteiger partial charge in [0, 0.05) is 19.3 Å². The van der Waals surface area contributed by atoms with Gasteiger partial charge in [-0.15, -0.1) is 0 Å². The van der Waals surface area contributed by atoms with Gasteiger partial charge in [0.15, 0.2) is 0 Å². The van der Waals surface area contributed by atoms with Crippen LogP contribution in [0.25, 0.3) is 0 Å². The fourth-order valence-electron chi connectivity index (χ4n) is 1.34. The molecule has 1 rings (SSSR count). The Morgan fingerprint density at radius 1 is 1.65 bits per heavy atom. The zero-order chi connectivity index (χ0) is 12.7. The third kappa shape index (κ3) is 4.21. The van der Waals surface area contributed by atoms with E-state index in [1.807, 2.05) is 19.1 Å². The summed E-state index contributed by atoms with van der Waals surface area (Å²) in [6.45, 7) is 4.85. The summed E-state index contributed by atoms with van der Waals surface area (Å²) in [6.07, 6.45) is 1.59. The van der Waals surface area contributed by atoms with E-state index in [0.717, 1.165) is 5.56 Å². The number of likely N-dealkylation sites (N-methyl/N-ethyl adjacent to an activating group) is 1. The van der Waals surface area contributed by atoms with Crippen LogP contribution in [0.1, 0.15) is 25.1 Å². The summed E-state index contributed by atoms with van der Waals surface area (Å²) in [4.78, 5) is 15.3. The molecule has 0 radical (unpaired) electrons. The van der Waals surface area contributed by atoms with Crippen molar-refractivity contribution in [1.29, 1.82) is 5.26 Å². The summed E-state index contributed by atoms with van der Waals surface area (Å²) < 4.78 is 0. The van der Waals surface area contributed by atoms with E-state index in [0.29, 0.717) is 18.8 Å². The minimum Gasteiger partial charge on any atom is -0.355 e. The number of aromatic nitrogens is 1. The number of hydrogen-bond donors (Lipinski definition) is 2. The monoisotopic (exact) mass is 232 g/mol. The second-order valence-electron chi connectivity index (χ2n) is 3.66. The molecule has 1 atom stereocenters. The Balaban J connectivity index is 2.50. The zero-order valence-electron chi connectivity index (χ0n) is 10.0. The molecule has 0 fully saturated rings. The van der Waals surface area contributed by atoms with E-state index in [4.69, 9.17) is 5.26 Å². The van der Waals surface area contributed by atoms with Crippen LogP contribution in [0.5, 0.6) is 0 Å². The summed E-state index contributed by atoms with van der Waals surface area (Å²) in [5.74, 6) is -0.0259. The van der Waals surface area contributed by atoms with Crippen molar-refractivity contribution >= 4 is 5.91 Å². The number of amides is 1. The molecule has 1 aromatic rings. The lowest BCUT2D eigenvalue weighted by molar-refractivity contribution is -0.122. The maximum Gasteiger partial charge on any atom is 0.236 e. The standard InChI is InChI=1S/C12H16N4O/c1-3-14-12(17)9(2)16-8-10-4-5-15-11(6-10)7-13/h4-6,9,16H,3,8H2,1-2H3,(H,14,17). The van der Waals surface area contributed by atoms with Crippen molar-refractivity contribution in [2.75, 3.05) is 6.54 Å². The highest BCUT2D eigenvalue weighted by atomic mass is 16.2. The van der Waals surface area contributed by atoms with Gasteiger partial charge in [-0.1, -0.05) is 0 Å². The van der Waals surface area contributed by atoms with Gasteiger partial charge in [-0.3, -0.25) is 4.79 Å². The quantitative estimate of drug-likeness (QED) is 0.778. The molecule has 1 unspecified atom stereocenters. The Bertz CT molecular complexity index is 425. The van der Waals surface area contributed by atoms with E-state index in [-0.39, 0.29) is 11.9 Å². The molecular weight excluding hydrogens is 216 g/mol. The molecule has 5 heteroatoms. The number of nitriles is 1. The fraction of sp³-hybridized carbons (Fsp3) is 0.417. The van der Waals surface area contributed by atoms with Crippen molar-refractivity contribution in [2.45, 2.75) is 26.4 Å². The smallest absolute Gasteiger partial charge is 0.236 e. The van der Waals surface area contributed by atoms with E-state index in [2.05, 4.69) is 15.6 Å². The number of carbonyl (C=O) groups is 1. The number of carbonyl (C=O) groups excluding carboxylic acids is 1. The van der Waals surface area contributed by atoms with Crippen LogP contribution in [0.4, 0.5) is 0 Å². The van der Waals surface area contributed by atoms with Gasteiger partial charge in [-0.05, 0) is 31.5 Å². The highest BCUT2D eigenvalue weighted by molar-refractivity contribution is 5.81. The maximum atomic E-state index is 11.4. The molecule has 0 aliphatic carbocycles. The van der Waals surface area contributed by atoms with Gasteiger partial charge >= 0.3 is 0 Å². The number of nitrogens with zero attached hydrogens (tertiary/aromatic N) is 2. The van der Waals surface area contributed by atoms with E-state index in [1.165, 1.54) is 0 Å². The minimum absolute atomic E-state index is 0.0259. The van der Waals surface area contributed by atoms with E-state index in [1.54, 1.807) is 19.2 Å². The molecule has 17 heavy (non-hydrogen) atoms. The summed E-state index contributed by atoms with van der Waals surface area (Å²) in [5, 5.41) is 14.5. The Morgan fingerprint density at radius 3 is 3.06 bits per heavy atom. The second kappa shape index (κ2) is 6.61. The first-order valence-electron chi connectivity index (χ1n) is 5.53. The van der Waals surface area contributed by atoms with Gasteiger partial charge in [0.05, 0.1) is 6.04 Å². The third-order valence-corrected chi connectivity index (χ3v) is 2.30. The molecule has 2 N–H and O–H groups in total.